The fourth-order valence-electron chi connectivity index (χ4n) is 2.35. The lowest BCUT2D eigenvalue weighted by Gasteiger charge is -2.25. The number of aromatic nitrogens is 1. The summed E-state index contributed by atoms with van der Waals surface area (Å²) in [7, 11) is 3.67. The maximum atomic E-state index is 12.3. The van der Waals surface area contributed by atoms with Crippen molar-refractivity contribution < 1.29 is 9.72 Å². The molecule has 1 aromatic carbocycles. The molecular weight excluding hydrogens is 348 g/mol. The summed E-state index contributed by atoms with van der Waals surface area (Å²) in [5.41, 5.74) is -0.546. The van der Waals surface area contributed by atoms with E-state index < -0.39 is 16.4 Å². The predicted molar refractivity (Wildman–Crippen MR) is 93.9 cm³/mol. The highest BCUT2D eigenvalue weighted by atomic mass is 35.5. The van der Waals surface area contributed by atoms with Crippen LogP contribution in [0.4, 0.5) is 5.69 Å². The molecule has 0 aliphatic heterocycles. The van der Waals surface area contributed by atoms with Gasteiger partial charge in [-0.1, -0.05) is 29.8 Å². The van der Waals surface area contributed by atoms with E-state index >= 15 is 0 Å². The van der Waals surface area contributed by atoms with E-state index in [4.69, 9.17) is 11.6 Å². The van der Waals surface area contributed by atoms with Gasteiger partial charge in [0.25, 0.3) is 17.2 Å². The average molecular weight is 365 g/mol. The molecule has 1 atom stereocenters. The number of hydrogen-bond donors (Lipinski definition) is 2. The molecule has 2 rings (SSSR count). The molecule has 2 N–H and O–H groups in total. The van der Waals surface area contributed by atoms with Gasteiger partial charge < -0.3 is 15.2 Å². The van der Waals surface area contributed by atoms with Gasteiger partial charge in [-0.2, -0.15) is 0 Å². The van der Waals surface area contributed by atoms with Gasteiger partial charge in [-0.25, -0.2) is 0 Å². The van der Waals surface area contributed by atoms with Crippen LogP contribution in [0.25, 0.3) is 0 Å². The van der Waals surface area contributed by atoms with Crippen molar-refractivity contribution in [3.8, 4) is 0 Å². The molecule has 9 heteroatoms. The van der Waals surface area contributed by atoms with Crippen molar-refractivity contribution in [3.63, 3.8) is 0 Å². The topological polar surface area (TPSA) is 108 Å². The zero-order chi connectivity index (χ0) is 18.6. The summed E-state index contributed by atoms with van der Waals surface area (Å²) in [4.78, 5) is 38.2. The molecule has 2 aromatic rings. The van der Waals surface area contributed by atoms with Crippen LogP contribution in [-0.4, -0.2) is 41.4 Å². The first-order valence-electron chi connectivity index (χ1n) is 7.37. The predicted octanol–water partition coefficient (Wildman–Crippen LogP) is 1.97. The minimum atomic E-state index is -0.692. The van der Waals surface area contributed by atoms with Crippen LogP contribution in [0.1, 0.15) is 22.0 Å². The van der Waals surface area contributed by atoms with Gasteiger partial charge in [-0.05, 0) is 25.7 Å². The second kappa shape index (κ2) is 7.91. The molecule has 1 amide bonds. The normalized spacial score (nSPS) is 12.0. The van der Waals surface area contributed by atoms with E-state index in [2.05, 4.69) is 10.3 Å². The highest BCUT2D eigenvalue weighted by Crippen LogP contribution is 2.25. The molecule has 0 bridgehead atoms. The van der Waals surface area contributed by atoms with Crippen LogP contribution in [0, 0.1) is 10.1 Å². The Balaban J connectivity index is 2.20. The Labute approximate surface area is 148 Å². The first-order chi connectivity index (χ1) is 11.8. The van der Waals surface area contributed by atoms with Crippen LogP contribution in [0.15, 0.2) is 41.3 Å². The van der Waals surface area contributed by atoms with Crippen LogP contribution in [-0.2, 0) is 0 Å². The number of nitrogens with zero attached hydrogens (tertiary/aromatic N) is 2. The first-order valence-corrected chi connectivity index (χ1v) is 7.75. The van der Waals surface area contributed by atoms with Crippen LogP contribution in [0.3, 0.4) is 0 Å². The lowest BCUT2D eigenvalue weighted by molar-refractivity contribution is -0.385. The van der Waals surface area contributed by atoms with Crippen LogP contribution in [0.2, 0.25) is 5.02 Å². The molecule has 1 aromatic heterocycles. The third-order valence-electron chi connectivity index (χ3n) is 3.69. The number of benzene rings is 1. The number of carbonyl (C=O) groups is 1. The van der Waals surface area contributed by atoms with Crippen LogP contribution < -0.4 is 10.9 Å². The van der Waals surface area contributed by atoms with Crippen LogP contribution >= 0.6 is 11.6 Å². The van der Waals surface area contributed by atoms with Gasteiger partial charge in [0.2, 0.25) is 0 Å². The molecule has 0 unspecified atom stereocenters. The first kappa shape index (κ1) is 18.6. The van der Waals surface area contributed by atoms with Gasteiger partial charge in [-0.15, -0.1) is 0 Å². The average Bonchev–Trinajstić information content (AvgIpc) is 2.56. The summed E-state index contributed by atoms with van der Waals surface area (Å²) >= 11 is 6.21. The third kappa shape index (κ3) is 4.43. The van der Waals surface area contributed by atoms with Gasteiger partial charge in [0.15, 0.2) is 0 Å². The fourth-order valence-corrected chi connectivity index (χ4v) is 2.61. The van der Waals surface area contributed by atoms with Crippen molar-refractivity contribution in [3.05, 3.63) is 73.1 Å². The Morgan fingerprint density at radius 2 is 2.08 bits per heavy atom. The number of pyridine rings is 1. The standard InChI is InChI=1S/C16H17ClN4O4/c1-20(2)14(11-5-3-4-6-13(11)17)9-19-16(23)12-7-10(21(24)25)8-18-15(12)22/h3-8,14H,9H2,1-2H3,(H,18,22)(H,19,23)/t14-/m0/s1. The SMILES string of the molecule is CN(C)[C@@H](CNC(=O)c1cc([N+](=O)[O-])c[nH]c1=O)c1ccccc1Cl. The molecule has 8 nitrogen and oxygen atoms in total. The number of amides is 1. The minimum Gasteiger partial charge on any atom is -0.350 e. The van der Waals surface area contributed by atoms with Crippen molar-refractivity contribution in [1.29, 1.82) is 0 Å². The summed E-state index contributed by atoms with van der Waals surface area (Å²) < 4.78 is 0. The number of nitrogens with one attached hydrogen (secondary N) is 2. The van der Waals surface area contributed by atoms with E-state index in [0.29, 0.717) is 5.02 Å². The number of hydrogen-bond acceptors (Lipinski definition) is 5. The molecule has 0 saturated heterocycles. The molecule has 0 aliphatic rings. The minimum absolute atomic E-state index is 0.178. The van der Waals surface area contributed by atoms with Gasteiger partial charge in [-0.3, -0.25) is 19.7 Å². The zero-order valence-electron chi connectivity index (χ0n) is 13.7. The number of carbonyl (C=O) groups excluding carboxylic acids is 1. The van der Waals surface area contributed by atoms with Gasteiger partial charge in [0.05, 0.1) is 17.2 Å². The largest absolute Gasteiger partial charge is 0.350 e. The molecule has 0 aliphatic carbocycles. The number of rotatable bonds is 6. The van der Waals surface area contributed by atoms with Gasteiger partial charge in [0.1, 0.15) is 5.56 Å². The van der Waals surface area contributed by atoms with Crippen molar-refractivity contribution in [2.24, 2.45) is 0 Å². The summed E-state index contributed by atoms with van der Waals surface area (Å²) in [5, 5.41) is 14.0. The summed E-state index contributed by atoms with van der Waals surface area (Å²) in [6.45, 7) is 0.178. The van der Waals surface area contributed by atoms with Crippen molar-refractivity contribution in [1.82, 2.24) is 15.2 Å². The summed E-state index contributed by atoms with van der Waals surface area (Å²) in [5.74, 6) is -0.691. The number of nitro groups is 1. The second-order valence-electron chi connectivity index (χ2n) is 5.57. The molecule has 1 heterocycles. The molecule has 0 radical (unpaired) electrons. The van der Waals surface area contributed by atoms with Crippen molar-refractivity contribution in [2.45, 2.75) is 6.04 Å². The number of H-pyrrole nitrogens is 1. The Bertz CT molecular complexity index is 850. The maximum Gasteiger partial charge on any atom is 0.286 e. The Morgan fingerprint density at radius 3 is 2.68 bits per heavy atom. The molecule has 0 saturated carbocycles. The van der Waals surface area contributed by atoms with E-state index in [1.165, 1.54) is 0 Å². The lowest BCUT2D eigenvalue weighted by Crippen LogP contribution is -2.36. The number of aromatic amines is 1. The van der Waals surface area contributed by atoms with E-state index in [1.54, 1.807) is 12.1 Å². The van der Waals surface area contributed by atoms with Gasteiger partial charge in [0, 0.05) is 17.6 Å². The lowest BCUT2D eigenvalue weighted by atomic mass is 10.1. The Kier molecular flexibility index (Phi) is 5.89. The van der Waals surface area contributed by atoms with Crippen LogP contribution in [0.5, 0.6) is 0 Å². The van der Waals surface area contributed by atoms with Gasteiger partial charge >= 0.3 is 0 Å². The van der Waals surface area contributed by atoms with Crippen molar-refractivity contribution >= 4 is 23.2 Å². The monoisotopic (exact) mass is 364 g/mol. The number of halogens is 1. The third-order valence-corrected chi connectivity index (χ3v) is 4.03. The molecule has 0 fully saturated rings. The quantitative estimate of drug-likeness (QED) is 0.601. The molecule has 132 valence electrons. The van der Waals surface area contributed by atoms with E-state index in [0.717, 1.165) is 17.8 Å². The second-order valence-corrected chi connectivity index (χ2v) is 5.98. The van der Waals surface area contributed by atoms with E-state index in [9.17, 15) is 19.7 Å². The maximum absolute atomic E-state index is 12.3. The Morgan fingerprint density at radius 1 is 1.40 bits per heavy atom. The van der Waals surface area contributed by atoms with E-state index in [-0.39, 0.29) is 23.8 Å². The molecular formula is C16H17ClN4O4. The summed E-state index contributed by atoms with van der Waals surface area (Å²) in [6, 6.07) is 7.97. The molecule has 0 spiro atoms. The highest BCUT2D eigenvalue weighted by molar-refractivity contribution is 6.31. The molecule has 25 heavy (non-hydrogen) atoms. The van der Waals surface area contributed by atoms with Crippen molar-refractivity contribution in [2.75, 3.05) is 20.6 Å². The number of likely N-dealkylation sites (N-methyl/N-ethyl adjacent to an activating group) is 1. The fraction of sp³-hybridized carbons (Fsp3) is 0.250. The smallest absolute Gasteiger partial charge is 0.286 e. The van der Waals surface area contributed by atoms with E-state index in [1.807, 2.05) is 31.1 Å². The zero-order valence-corrected chi connectivity index (χ0v) is 14.4. The summed E-state index contributed by atoms with van der Waals surface area (Å²) in [6.07, 6.45) is 0.950. The Hall–Kier alpha value is -2.71. The highest BCUT2D eigenvalue weighted by Gasteiger charge is 2.20.